The molecule has 1 aliphatic rings. The first kappa shape index (κ1) is 22.1. The Morgan fingerprint density at radius 3 is 2.54 bits per heavy atom. The number of benzene rings is 2. The first-order valence-corrected chi connectivity index (χ1v) is 10.2. The summed E-state index contributed by atoms with van der Waals surface area (Å²) in [6, 6.07) is 9.75. The van der Waals surface area contributed by atoms with Gasteiger partial charge in [-0.3, -0.25) is 9.52 Å². The normalized spacial score (nSPS) is 17.0. The number of sulfonamides is 1. The molecule has 2 N–H and O–H groups in total. The van der Waals surface area contributed by atoms with E-state index in [4.69, 9.17) is 0 Å². The van der Waals surface area contributed by atoms with Crippen LogP contribution in [0.1, 0.15) is 22.8 Å². The van der Waals surface area contributed by atoms with Gasteiger partial charge in [-0.25, -0.2) is 12.8 Å². The first-order valence-electron chi connectivity index (χ1n) is 8.68. The fourth-order valence-corrected chi connectivity index (χ4v) is 4.39. The highest BCUT2D eigenvalue weighted by molar-refractivity contribution is 7.92. The third kappa shape index (κ3) is 4.81. The van der Waals surface area contributed by atoms with E-state index in [2.05, 4.69) is 10.0 Å². The number of nitrogens with one attached hydrogen (secondary N) is 2. The van der Waals surface area contributed by atoms with Gasteiger partial charge in [-0.05, 0) is 55.8 Å². The molecule has 2 aromatic rings. The van der Waals surface area contributed by atoms with Gasteiger partial charge in [-0.1, -0.05) is 6.07 Å². The van der Waals surface area contributed by atoms with Crippen molar-refractivity contribution < 1.29 is 17.6 Å². The second-order valence-corrected chi connectivity index (χ2v) is 8.30. The summed E-state index contributed by atoms with van der Waals surface area (Å²) >= 11 is 0. The van der Waals surface area contributed by atoms with Crippen LogP contribution in [0.5, 0.6) is 0 Å². The Balaban J connectivity index is 0.00000280. The largest absolute Gasteiger partial charge is 0.333 e. The van der Waals surface area contributed by atoms with Crippen LogP contribution in [-0.4, -0.2) is 44.9 Å². The van der Waals surface area contributed by atoms with Crippen molar-refractivity contribution in [2.24, 2.45) is 0 Å². The maximum Gasteiger partial charge on any atom is 0.262 e. The number of nitrogens with zero attached hydrogens (tertiary/aromatic N) is 1. The number of aryl methyl sites for hydroxylation is 1. The van der Waals surface area contributed by atoms with Crippen LogP contribution in [-0.2, 0) is 10.0 Å². The van der Waals surface area contributed by atoms with E-state index in [1.54, 1.807) is 24.0 Å². The molecule has 9 heteroatoms. The van der Waals surface area contributed by atoms with Crippen LogP contribution < -0.4 is 10.0 Å². The third-order valence-corrected chi connectivity index (χ3v) is 6.11. The number of anilines is 1. The van der Waals surface area contributed by atoms with Gasteiger partial charge < -0.3 is 10.2 Å². The van der Waals surface area contributed by atoms with Crippen molar-refractivity contribution in [3.63, 3.8) is 0 Å². The average molecular weight is 428 g/mol. The highest BCUT2D eigenvalue weighted by Crippen LogP contribution is 2.22. The van der Waals surface area contributed by atoms with Gasteiger partial charge in [0.2, 0.25) is 0 Å². The Morgan fingerprint density at radius 1 is 1.21 bits per heavy atom. The molecule has 1 saturated heterocycles. The number of carbonyl (C=O) groups excluding carboxylic acids is 1. The SMILES string of the molecule is Cc1ccc(C(=O)N2CCNCC2C)cc1S(=O)(=O)Nc1ccc(F)cc1.Cl. The molecule has 3 rings (SSSR count). The van der Waals surface area contributed by atoms with Gasteiger partial charge >= 0.3 is 0 Å². The zero-order valence-electron chi connectivity index (χ0n) is 15.6. The second-order valence-electron chi connectivity index (χ2n) is 6.64. The number of amides is 1. The molecule has 28 heavy (non-hydrogen) atoms. The predicted octanol–water partition coefficient (Wildman–Crippen LogP) is 2.79. The lowest BCUT2D eigenvalue weighted by Crippen LogP contribution is -2.52. The summed E-state index contributed by atoms with van der Waals surface area (Å²) in [5.41, 5.74) is 1.10. The predicted molar refractivity (Wildman–Crippen MR) is 109 cm³/mol. The summed E-state index contributed by atoms with van der Waals surface area (Å²) < 4.78 is 41.0. The molecule has 0 aliphatic carbocycles. The molecule has 2 aromatic carbocycles. The van der Waals surface area contributed by atoms with Crippen LogP contribution in [0.4, 0.5) is 10.1 Å². The molecular formula is C19H23ClFN3O3S. The average Bonchev–Trinajstić information content (AvgIpc) is 2.63. The fourth-order valence-electron chi connectivity index (χ4n) is 3.06. The van der Waals surface area contributed by atoms with Crippen LogP contribution in [0, 0.1) is 12.7 Å². The molecule has 1 heterocycles. The Hall–Kier alpha value is -2.16. The van der Waals surface area contributed by atoms with E-state index in [1.165, 1.54) is 30.3 Å². The Kier molecular flexibility index (Phi) is 7.03. The van der Waals surface area contributed by atoms with E-state index in [0.717, 1.165) is 0 Å². The summed E-state index contributed by atoms with van der Waals surface area (Å²) in [6.07, 6.45) is 0. The van der Waals surface area contributed by atoms with Gasteiger partial charge in [0, 0.05) is 36.9 Å². The molecule has 0 aromatic heterocycles. The summed E-state index contributed by atoms with van der Waals surface area (Å²) in [5, 5.41) is 3.22. The van der Waals surface area contributed by atoms with E-state index in [-0.39, 0.29) is 34.9 Å². The van der Waals surface area contributed by atoms with Crippen LogP contribution >= 0.6 is 12.4 Å². The fraction of sp³-hybridized carbons (Fsp3) is 0.316. The number of carbonyl (C=O) groups is 1. The number of halogens is 2. The standard InChI is InChI=1S/C19H22FN3O3S.ClH/c1-13-3-4-15(19(24)23-10-9-21-12-14(23)2)11-18(13)27(25,26)22-17-7-5-16(20)6-8-17;/h3-8,11,14,21-22H,9-10,12H2,1-2H3;1H. The Labute approximate surface area is 170 Å². The Bertz CT molecular complexity index is 951. The van der Waals surface area contributed by atoms with Crippen LogP contribution in [0.25, 0.3) is 0 Å². The molecule has 1 aliphatic heterocycles. The van der Waals surface area contributed by atoms with Gasteiger partial charge in [-0.2, -0.15) is 0 Å². The summed E-state index contributed by atoms with van der Waals surface area (Å²) in [6.45, 7) is 5.60. The van der Waals surface area contributed by atoms with Crippen molar-refractivity contribution in [3.8, 4) is 0 Å². The minimum Gasteiger partial charge on any atom is -0.333 e. The number of hydrogen-bond acceptors (Lipinski definition) is 4. The van der Waals surface area contributed by atoms with Gasteiger partial charge in [0.05, 0.1) is 4.90 Å². The summed E-state index contributed by atoms with van der Waals surface area (Å²) in [5.74, 6) is -0.644. The highest BCUT2D eigenvalue weighted by atomic mass is 35.5. The van der Waals surface area contributed by atoms with Gasteiger partial charge in [0.15, 0.2) is 0 Å². The van der Waals surface area contributed by atoms with Crippen molar-refractivity contribution >= 4 is 34.0 Å². The molecule has 1 fully saturated rings. The molecule has 0 saturated carbocycles. The zero-order chi connectivity index (χ0) is 19.6. The monoisotopic (exact) mass is 427 g/mol. The molecule has 0 bridgehead atoms. The molecular weight excluding hydrogens is 405 g/mol. The molecule has 1 atom stereocenters. The van der Waals surface area contributed by atoms with E-state index >= 15 is 0 Å². The first-order chi connectivity index (χ1) is 12.8. The quantitative estimate of drug-likeness (QED) is 0.786. The number of rotatable bonds is 4. The summed E-state index contributed by atoms with van der Waals surface area (Å²) in [7, 11) is -3.91. The maximum absolute atomic E-state index is 13.0. The summed E-state index contributed by atoms with van der Waals surface area (Å²) in [4.78, 5) is 14.6. The third-order valence-electron chi connectivity index (χ3n) is 4.58. The lowest BCUT2D eigenvalue weighted by molar-refractivity contribution is 0.0655. The van der Waals surface area contributed by atoms with Crippen LogP contribution in [0.3, 0.4) is 0 Å². The van der Waals surface area contributed by atoms with Crippen LogP contribution in [0.15, 0.2) is 47.4 Å². The van der Waals surface area contributed by atoms with E-state index in [1.807, 2.05) is 6.92 Å². The Morgan fingerprint density at radius 2 is 1.89 bits per heavy atom. The minimum absolute atomic E-state index is 0. The smallest absolute Gasteiger partial charge is 0.262 e. The van der Waals surface area contributed by atoms with Crippen molar-refractivity contribution in [1.82, 2.24) is 10.2 Å². The van der Waals surface area contributed by atoms with Crippen LogP contribution in [0.2, 0.25) is 0 Å². The van der Waals surface area contributed by atoms with Crippen molar-refractivity contribution in [2.45, 2.75) is 24.8 Å². The minimum atomic E-state index is -3.91. The second kappa shape index (κ2) is 8.89. The zero-order valence-corrected chi connectivity index (χ0v) is 17.2. The lowest BCUT2D eigenvalue weighted by atomic mass is 10.1. The molecule has 1 amide bonds. The molecule has 152 valence electrons. The van der Waals surface area contributed by atoms with E-state index in [0.29, 0.717) is 30.8 Å². The molecule has 1 unspecified atom stereocenters. The van der Waals surface area contributed by atoms with Crippen molar-refractivity contribution in [3.05, 3.63) is 59.4 Å². The van der Waals surface area contributed by atoms with E-state index in [9.17, 15) is 17.6 Å². The number of piperazine rings is 1. The topological polar surface area (TPSA) is 78.5 Å². The maximum atomic E-state index is 13.0. The molecule has 0 radical (unpaired) electrons. The van der Waals surface area contributed by atoms with Gasteiger partial charge in [-0.15, -0.1) is 12.4 Å². The lowest BCUT2D eigenvalue weighted by Gasteiger charge is -2.34. The van der Waals surface area contributed by atoms with Crippen molar-refractivity contribution in [2.75, 3.05) is 24.4 Å². The van der Waals surface area contributed by atoms with E-state index < -0.39 is 15.8 Å². The van der Waals surface area contributed by atoms with Gasteiger partial charge in [0.25, 0.3) is 15.9 Å². The highest BCUT2D eigenvalue weighted by Gasteiger charge is 2.26. The van der Waals surface area contributed by atoms with Crippen molar-refractivity contribution in [1.29, 1.82) is 0 Å². The number of hydrogen-bond donors (Lipinski definition) is 2. The van der Waals surface area contributed by atoms with Gasteiger partial charge in [0.1, 0.15) is 5.82 Å². The molecule has 0 spiro atoms. The molecule has 6 nitrogen and oxygen atoms in total.